The summed E-state index contributed by atoms with van der Waals surface area (Å²) in [5, 5.41) is 9.85. The number of para-hydroxylation sites is 1. The van der Waals surface area contributed by atoms with Gasteiger partial charge in [0.05, 0.1) is 0 Å². The van der Waals surface area contributed by atoms with Gasteiger partial charge in [0.2, 0.25) is 0 Å². The Bertz CT molecular complexity index is 596. The molecule has 0 aliphatic heterocycles. The summed E-state index contributed by atoms with van der Waals surface area (Å²) in [4.78, 5) is 12.5. The summed E-state index contributed by atoms with van der Waals surface area (Å²) >= 11 is 0. The first-order chi connectivity index (χ1) is 10.4. The van der Waals surface area contributed by atoms with Crippen LogP contribution in [0.5, 0.6) is 5.75 Å². The van der Waals surface area contributed by atoms with Gasteiger partial charge in [-0.3, -0.25) is 0 Å². The fourth-order valence-corrected chi connectivity index (χ4v) is 5.16. The predicted molar refractivity (Wildman–Crippen MR) is 85.7 cm³/mol. The number of phenolic OH excluding ortho intramolecular Hbond substituents is 1. The Kier molecular flexibility index (Phi) is 3.50. The van der Waals surface area contributed by atoms with Gasteiger partial charge in [-0.05, 0) is 48.6 Å². The van der Waals surface area contributed by atoms with E-state index >= 15 is 0 Å². The van der Waals surface area contributed by atoms with Gasteiger partial charge in [-0.15, -0.1) is 0 Å². The van der Waals surface area contributed by atoms with Crippen molar-refractivity contribution in [3.8, 4) is 5.75 Å². The van der Waals surface area contributed by atoms with Crippen LogP contribution in [-0.2, 0) is 4.74 Å². The van der Waals surface area contributed by atoms with Crippen molar-refractivity contribution in [1.82, 2.24) is 0 Å². The number of carbonyl (C=O) groups is 1. The van der Waals surface area contributed by atoms with E-state index in [2.05, 4.69) is 27.7 Å². The van der Waals surface area contributed by atoms with Gasteiger partial charge in [-0.1, -0.05) is 39.8 Å². The fourth-order valence-electron chi connectivity index (χ4n) is 5.16. The normalized spacial score (nSPS) is 39.9. The highest BCUT2D eigenvalue weighted by Gasteiger charge is 2.71. The van der Waals surface area contributed by atoms with Crippen molar-refractivity contribution < 1.29 is 14.6 Å². The van der Waals surface area contributed by atoms with Gasteiger partial charge < -0.3 is 9.84 Å². The minimum Gasteiger partial charge on any atom is -0.507 e. The number of hydrogen-bond donors (Lipinski definition) is 1. The maximum Gasteiger partial charge on any atom is 0.342 e. The molecule has 5 atom stereocenters. The van der Waals surface area contributed by atoms with Gasteiger partial charge in [0.25, 0.3) is 0 Å². The summed E-state index contributed by atoms with van der Waals surface area (Å²) in [6, 6.07) is 6.60. The van der Waals surface area contributed by atoms with Crippen LogP contribution < -0.4 is 0 Å². The average Bonchev–Trinajstić information content (AvgIpc) is 3.14. The fraction of sp³-hybridized carbons (Fsp3) is 0.632. The van der Waals surface area contributed by atoms with Crippen LogP contribution in [0.25, 0.3) is 0 Å². The van der Waals surface area contributed by atoms with Crippen LogP contribution in [0.3, 0.4) is 0 Å². The molecule has 2 fully saturated rings. The Labute approximate surface area is 132 Å². The Morgan fingerprint density at radius 2 is 1.95 bits per heavy atom. The SMILES string of the molecule is CCC1(C)C(OC(=O)c2ccccc2O)CC(C)C12CC2C. The first kappa shape index (κ1) is 15.4. The minimum absolute atomic E-state index is 0.00810. The standard InChI is InChI=1S/C19H26O3/c1-5-18(4)16(10-12(2)19(18)11-13(19)3)22-17(21)14-8-6-7-9-15(14)20/h6-9,12-13,16,20H,5,10-11H2,1-4H3. The lowest BCUT2D eigenvalue weighted by atomic mass is 9.70. The first-order valence-electron chi connectivity index (χ1n) is 8.35. The van der Waals surface area contributed by atoms with Crippen molar-refractivity contribution in [2.24, 2.45) is 22.7 Å². The predicted octanol–water partition coefficient (Wildman–Crippen LogP) is 4.40. The topological polar surface area (TPSA) is 46.5 Å². The lowest BCUT2D eigenvalue weighted by Gasteiger charge is -2.37. The molecule has 22 heavy (non-hydrogen) atoms. The van der Waals surface area contributed by atoms with E-state index in [0.29, 0.717) is 17.3 Å². The number of rotatable bonds is 3. The quantitative estimate of drug-likeness (QED) is 0.842. The molecule has 2 aliphatic carbocycles. The molecule has 0 amide bonds. The number of benzene rings is 1. The summed E-state index contributed by atoms with van der Waals surface area (Å²) in [5.41, 5.74) is 0.621. The van der Waals surface area contributed by atoms with Crippen molar-refractivity contribution in [1.29, 1.82) is 0 Å². The van der Waals surface area contributed by atoms with Crippen molar-refractivity contribution in [3.05, 3.63) is 29.8 Å². The van der Waals surface area contributed by atoms with E-state index in [9.17, 15) is 9.90 Å². The Morgan fingerprint density at radius 3 is 2.50 bits per heavy atom. The minimum atomic E-state index is -0.402. The Hall–Kier alpha value is -1.51. The average molecular weight is 302 g/mol. The van der Waals surface area contributed by atoms with E-state index in [4.69, 9.17) is 4.74 Å². The molecule has 3 heteroatoms. The van der Waals surface area contributed by atoms with Crippen molar-refractivity contribution >= 4 is 5.97 Å². The molecule has 0 radical (unpaired) electrons. The Balaban J connectivity index is 1.84. The first-order valence-corrected chi connectivity index (χ1v) is 8.35. The third-order valence-electron chi connectivity index (χ3n) is 6.69. The number of phenols is 1. The highest BCUT2D eigenvalue weighted by molar-refractivity contribution is 5.92. The summed E-state index contributed by atoms with van der Waals surface area (Å²) in [5.74, 6) is 0.877. The summed E-state index contributed by atoms with van der Waals surface area (Å²) < 4.78 is 5.88. The van der Waals surface area contributed by atoms with Crippen LogP contribution in [0, 0.1) is 22.7 Å². The summed E-state index contributed by atoms with van der Waals surface area (Å²) in [6.07, 6.45) is 3.11. The maximum absolute atomic E-state index is 12.5. The molecule has 1 aromatic carbocycles. The molecule has 0 saturated heterocycles. The number of ether oxygens (including phenoxy) is 1. The molecule has 3 rings (SSSR count). The zero-order valence-corrected chi connectivity index (χ0v) is 13.9. The largest absolute Gasteiger partial charge is 0.507 e. The zero-order chi connectivity index (χ0) is 16.1. The summed E-state index contributed by atoms with van der Waals surface area (Å²) in [6.45, 7) is 9.09. The van der Waals surface area contributed by atoms with E-state index in [-0.39, 0.29) is 22.8 Å². The number of esters is 1. The number of hydrogen-bond acceptors (Lipinski definition) is 3. The number of aromatic hydroxyl groups is 1. The van der Waals surface area contributed by atoms with Gasteiger partial charge in [0.15, 0.2) is 0 Å². The second kappa shape index (κ2) is 5.00. The van der Waals surface area contributed by atoms with E-state index < -0.39 is 5.97 Å². The highest BCUT2D eigenvalue weighted by atomic mass is 16.5. The molecule has 2 saturated carbocycles. The van der Waals surface area contributed by atoms with E-state index in [1.807, 2.05) is 0 Å². The molecule has 0 aromatic heterocycles. The van der Waals surface area contributed by atoms with Gasteiger partial charge in [0, 0.05) is 5.41 Å². The zero-order valence-electron chi connectivity index (χ0n) is 13.9. The third kappa shape index (κ3) is 1.90. The van der Waals surface area contributed by atoms with Crippen molar-refractivity contribution in [2.45, 2.75) is 53.1 Å². The molecule has 3 nitrogen and oxygen atoms in total. The van der Waals surface area contributed by atoms with Crippen molar-refractivity contribution in [3.63, 3.8) is 0 Å². The Morgan fingerprint density at radius 1 is 1.32 bits per heavy atom. The van der Waals surface area contributed by atoms with Crippen LogP contribution >= 0.6 is 0 Å². The second-order valence-corrected chi connectivity index (χ2v) is 7.46. The van der Waals surface area contributed by atoms with E-state index in [1.165, 1.54) is 12.5 Å². The van der Waals surface area contributed by atoms with Gasteiger partial charge in [-0.2, -0.15) is 0 Å². The third-order valence-corrected chi connectivity index (χ3v) is 6.69. The van der Waals surface area contributed by atoms with E-state index in [0.717, 1.165) is 12.8 Å². The molecule has 1 N–H and O–H groups in total. The molecule has 120 valence electrons. The molecule has 5 unspecified atom stereocenters. The smallest absolute Gasteiger partial charge is 0.342 e. The van der Waals surface area contributed by atoms with Crippen LogP contribution in [0.1, 0.15) is 57.3 Å². The van der Waals surface area contributed by atoms with Gasteiger partial charge in [0.1, 0.15) is 17.4 Å². The lowest BCUT2D eigenvalue weighted by Crippen LogP contribution is -2.37. The molecule has 2 aliphatic rings. The second-order valence-electron chi connectivity index (χ2n) is 7.46. The van der Waals surface area contributed by atoms with Crippen LogP contribution in [0.2, 0.25) is 0 Å². The lowest BCUT2D eigenvalue weighted by molar-refractivity contribution is -0.0194. The highest BCUT2D eigenvalue weighted by Crippen LogP contribution is 2.74. The van der Waals surface area contributed by atoms with Gasteiger partial charge >= 0.3 is 5.97 Å². The van der Waals surface area contributed by atoms with Gasteiger partial charge in [-0.25, -0.2) is 4.79 Å². The van der Waals surface area contributed by atoms with E-state index in [1.54, 1.807) is 18.2 Å². The molecule has 0 bridgehead atoms. The molecular formula is C19H26O3. The van der Waals surface area contributed by atoms with Crippen LogP contribution in [-0.4, -0.2) is 17.2 Å². The molecular weight excluding hydrogens is 276 g/mol. The van der Waals surface area contributed by atoms with Crippen molar-refractivity contribution in [2.75, 3.05) is 0 Å². The number of carbonyl (C=O) groups excluding carboxylic acids is 1. The van der Waals surface area contributed by atoms with Crippen LogP contribution in [0.15, 0.2) is 24.3 Å². The maximum atomic E-state index is 12.5. The molecule has 1 spiro atoms. The molecule has 0 heterocycles. The summed E-state index contributed by atoms with van der Waals surface area (Å²) in [7, 11) is 0. The molecule has 1 aromatic rings. The van der Waals surface area contributed by atoms with Crippen LogP contribution in [0.4, 0.5) is 0 Å². The monoisotopic (exact) mass is 302 g/mol.